The largest absolute Gasteiger partial charge is 0.494 e. The van der Waals surface area contributed by atoms with Gasteiger partial charge in [0.1, 0.15) is 5.69 Å². The van der Waals surface area contributed by atoms with Gasteiger partial charge >= 0.3 is 0 Å². The molecule has 0 aliphatic carbocycles. The summed E-state index contributed by atoms with van der Waals surface area (Å²) < 4.78 is 23.9. The summed E-state index contributed by atoms with van der Waals surface area (Å²) in [5, 5.41) is 11.1. The van der Waals surface area contributed by atoms with Crippen molar-refractivity contribution in [2.24, 2.45) is 5.73 Å². The van der Waals surface area contributed by atoms with Gasteiger partial charge in [-0.25, -0.2) is 4.39 Å². The van der Waals surface area contributed by atoms with Gasteiger partial charge in [0.05, 0.1) is 30.8 Å². The van der Waals surface area contributed by atoms with Gasteiger partial charge in [-0.2, -0.15) is 0 Å². The van der Waals surface area contributed by atoms with Gasteiger partial charge in [0, 0.05) is 25.7 Å². The lowest BCUT2D eigenvalue weighted by molar-refractivity contribution is -0.384. The van der Waals surface area contributed by atoms with Crippen LogP contribution in [-0.2, 0) is 4.74 Å². The fourth-order valence-corrected chi connectivity index (χ4v) is 2.17. The zero-order valence-corrected chi connectivity index (χ0v) is 11.0. The second kappa shape index (κ2) is 6.02. The molecule has 1 heterocycles. The second-order valence-electron chi connectivity index (χ2n) is 4.41. The first-order valence-electron chi connectivity index (χ1n) is 6.15. The highest BCUT2D eigenvalue weighted by Crippen LogP contribution is 2.35. The second-order valence-corrected chi connectivity index (χ2v) is 4.41. The van der Waals surface area contributed by atoms with Gasteiger partial charge in [-0.1, -0.05) is 0 Å². The number of benzene rings is 1. The van der Waals surface area contributed by atoms with Crippen LogP contribution in [-0.4, -0.2) is 44.4 Å². The summed E-state index contributed by atoms with van der Waals surface area (Å²) in [5.41, 5.74) is 5.58. The maximum absolute atomic E-state index is 13.6. The number of halogens is 1. The van der Waals surface area contributed by atoms with E-state index in [2.05, 4.69) is 0 Å². The van der Waals surface area contributed by atoms with Gasteiger partial charge in [-0.3, -0.25) is 10.1 Å². The molecule has 1 aliphatic heterocycles. The topological polar surface area (TPSA) is 90.9 Å². The molecule has 7 nitrogen and oxygen atoms in total. The first kappa shape index (κ1) is 14.5. The van der Waals surface area contributed by atoms with E-state index in [9.17, 15) is 14.5 Å². The highest BCUT2D eigenvalue weighted by atomic mass is 19.1. The maximum Gasteiger partial charge on any atom is 0.295 e. The van der Waals surface area contributed by atoms with E-state index in [-0.39, 0.29) is 17.5 Å². The summed E-state index contributed by atoms with van der Waals surface area (Å²) in [4.78, 5) is 12.2. The van der Waals surface area contributed by atoms with Crippen LogP contribution in [0.2, 0.25) is 0 Å². The predicted molar refractivity (Wildman–Crippen MR) is 70.6 cm³/mol. The van der Waals surface area contributed by atoms with Crippen molar-refractivity contribution in [1.82, 2.24) is 0 Å². The summed E-state index contributed by atoms with van der Waals surface area (Å²) >= 11 is 0. The standard InChI is InChI=1S/C12H16FN3O4/c1-19-12-5-10(11(16(17)18)4-9(12)13)15-2-3-20-8(6-14)7-15/h4-5,8H,2-3,6-7,14H2,1H3. The zero-order chi connectivity index (χ0) is 14.7. The third-order valence-corrected chi connectivity index (χ3v) is 3.19. The number of methoxy groups -OCH3 is 1. The minimum atomic E-state index is -0.758. The molecule has 1 aromatic carbocycles. The molecule has 0 amide bonds. The van der Waals surface area contributed by atoms with E-state index in [1.165, 1.54) is 13.2 Å². The number of morpholine rings is 1. The number of hydrogen-bond acceptors (Lipinski definition) is 6. The molecule has 1 fully saturated rings. The average Bonchev–Trinajstić information content (AvgIpc) is 2.46. The lowest BCUT2D eigenvalue weighted by atomic mass is 10.2. The molecule has 1 unspecified atom stereocenters. The Hall–Kier alpha value is -1.93. The van der Waals surface area contributed by atoms with Crippen molar-refractivity contribution in [2.75, 3.05) is 38.3 Å². The van der Waals surface area contributed by atoms with Crippen molar-refractivity contribution in [3.05, 3.63) is 28.1 Å². The van der Waals surface area contributed by atoms with E-state index < -0.39 is 10.7 Å². The van der Waals surface area contributed by atoms with E-state index in [1.54, 1.807) is 4.90 Å². The first-order valence-corrected chi connectivity index (χ1v) is 6.15. The quantitative estimate of drug-likeness (QED) is 0.653. The molecule has 110 valence electrons. The van der Waals surface area contributed by atoms with Crippen molar-refractivity contribution in [2.45, 2.75) is 6.10 Å². The first-order chi connectivity index (χ1) is 9.56. The molecule has 0 bridgehead atoms. The number of anilines is 1. The van der Waals surface area contributed by atoms with Crippen molar-refractivity contribution < 1.29 is 18.8 Å². The molecular weight excluding hydrogens is 269 g/mol. The number of nitro benzene ring substituents is 1. The molecule has 0 radical (unpaired) electrons. The summed E-state index contributed by atoms with van der Waals surface area (Å²) in [5.74, 6) is -0.784. The lowest BCUT2D eigenvalue weighted by Gasteiger charge is -2.33. The summed E-state index contributed by atoms with van der Waals surface area (Å²) in [6.07, 6.45) is -0.195. The van der Waals surface area contributed by atoms with Crippen LogP contribution in [0.4, 0.5) is 15.8 Å². The molecule has 1 aromatic rings. The van der Waals surface area contributed by atoms with Crippen LogP contribution in [0.1, 0.15) is 0 Å². The molecule has 8 heteroatoms. The van der Waals surface area contributed by atoms with Crippen LogP contribution in [0, 0.1) is 15.9 Å². The monoisotopic (exact) mass is 285 g/mol. The molecule has 0 spiro atoms. The van der Waals surface area contributed by atoms with Gasteiger partial charge < -0.3 is 20.1 Å². The third kappa shape index (κ3) is 2.81. The van der Waals surface area contributed by atoms with Crippen LogP contribution in [0.5, 0.6) is 5.75 Å². The molecule has 20 heavy (non-hydrogen) atoms. The highest BCUT2D eigenvalue weighted by molar-refractivity contribution is 5.66. The summed E-state index contributed by atoms with van der Waals surface area (Å²) in [6.45, 7) is 1.64. The summed E-state index contributed by atoms with van der Waals surface area (Å²) in [6, 6.07) is 2.22. The van der Waals surface area contributed by atoms with E-state index in [4.69, 9.17) is 15.2 Å². The molecule has 0 saturated carbocycles. The van der Waals surface area contributed by atoms with Crippen LogP contribution in [0.15, 0.2) is 12.1 Å². The Kier molecular flexibility index (Phi) is 4.35. The van der Waals surface area contributed by atoms with Crippen LogP contribution in [0.25, 0.3) is 0 Å². The highest BCUT2D eigenvalue weighted by Gasteiger charge is 2.27. The normalized spacial score (nSPS) is 18.9. The molecule has 2 N–H and O–H groups in total. The van der Waals surface area contributed by atoms with Gasteiger partial charge in [0.2, 0.25) is 0 Å². The molecule has 2 rings (SSSR count). The number of nitrogens with two attached hydrogens (primary N) is 1. The number of ether oxygens (including phenoxy) is 2. The maximum atomic E-state index is 13.6. The van der Waals surface area contributed by atoms with Crippen LogP contribution in [0.3, 0.4) is 0 Å². The number of hydrogen-bond donors (Lipinski definition) is 1. The molecule has 1 atom stereocenters. The SMILES string of the molecule is COc1cc(N2CCOC(CN)C2)c([N+](=O)[O-])cc1F. The molecule has 0 aromatic heterocycles. The predicted octanol–water partition coefficient (Wildman–Crippen LogP) is 0.906. The molecular formula is C12H16FN3O4. The zero-order valence-electron chi connectivity index (χ0n) is 11.0. The van der Waals surface area contributed by atoms with Crippen molar-refractivity contribution in [1.29, 1.82) is 0 Å². The van der Waals surface area contributed by atoms with Gasteiger partial charge in [0.25, 0.3) is 5.69 Å². The Bertz CT molecular complexity index is 512. The third-order valence-electron chi connectivity index (χ3n) is 3.19. The Balaban J connectivity index is 2.40. The lowest BCUT2D eigenvalue weighted by Crippen LogP contribution is -2.45. The summed E-state index contributed by atoms with van der Waals surface area (Å²) in [7, 11) is 1.32. The van der Waals surface area contributed by atoms with Crippen LogP contribution >= 0.6 is 0 Å². The van der Waals surface area contributed by atoms with Gasteiger partial charge in [-0.05, 0) is 0 Å². The fraction of sp³-hybridized carbons (Fsp3) is 0.500. The van der Waals surface area contributed by atoms with Crippen LogP contribution < -0.4 is 15.4 Å². The minimum absolute atomic E-state index is 0.0265. The Morgan fingerprint density at radius 2 is 2.40 bits per heavy atom. The van der Waals surface area contributed by atoms with Crippen molar-refractivity contribution in [3.8, 4) is 5.75 Å². The number of nitro groups is 1. The van der Waals surface area contributed by atoms with Crippen molar-refractivity contribution >= 4 is 11.4 Å². The van der Waals surface area contributed by atoms with E-state index in [1.807, 2.05) is 0 Å². The minimum Gasteiger partial charge on any atom is -0.494 e. The van der Waals surface area contributed by atoms with Crippen molar-refractivity contribution in [3.63, 3.8) is 0 Å². The molecule has 1 saturated heterocycles. The Labute approximate surface area is 115 Å². The van der Waals surface area contributed by atoms with Gasteiger partial charge in [-0.15, -0.1) is 0 Å². The molecule has 1 aliphatic rings. The van der Waals surface area contributed by atoms with E-state index in [0.717, 1.165) is 6.07 Å². The Morgan fingerprint density at radius 1 is 1.65 bits per heavy atom. The van der Waals surface area contributed by atoms with E-state index >= 15 is 0 Å². The fourth-order valence-electron chi connectivity index (χ4n) is 2.17. The average molecular weight is 285 g/mol. The van der Waals surface area contributed by atoms with E-state index in [0.29, 0.717) is 31.9 Å². The Morgan fingerprint density at radius 3 is 3.00 bits per heavy atom. The smallest absolute Gasteiger partial charge is 0.295 e. The van der Waals surface area contributed by atoms with Gasteiger partial charge in [0.15, 0.2) is 11.6 Å². The number of nitrogens with zero attached hydrogens (tertiary/aromatic N) is 2. The number of rotatable bonds is 4.